The van der Waals surface area contributed by atoms with Gasteiger partial charge in [0.1, 0.15) is 5.82 Å². The maximum Gasteiger partial charge on any atom is 0.260 e. The van der Waals surface area contributed by atoms with Crippen LogP contribution in [-0.4, -0.2) is 10.1 Å². The number of benzene rings is 1. The Morgan fingerprint density at radius 2 is 2.21 bits per heavy atom. The van der Waals surface area contributed by atoms with E-state index in [0.717, 1.165) is 12.8 Å². The van der Waals surface area contributed by atoms with Crippen molar-refractivity contribution in [2.75, 3.05) is 5.73 Å². The van der Waals surface area contributed by atoms with Gasteiger partial charge in [0.2, 0.25) is 0 Å². The summed E-state index contributed by atoms with van der Waals surface area (Å²) >= 11 is 0. The van der Waals surface area contributed by atoms with Gasteiger partial charge in [-0.1, -0.05) is 12.1 Å². The number of nitrogens with two attached hydrogens (primary N) is 1. The molecule has 0 radical (unpaired) electrons. The monoisotopic (exact) mass is 261 g/mol. The second-order valence-corrected chi connectivity index (χ2v) is 5.30. The summed E-state index contributed by atoms with van der Waals surface area (Å²) in [5.41, 5.74) is 6.72. The maximum absolute atomic E-state index is 13.2. The highest BCUT2D eigenvalue weighted by atomic mass is 19.1. The summed E-state index contributed by atoms with van der Waals surface area (Å²) in [7, 11) is 0. The van der Waals surface area contributed by atoms with Gasteiger partial charge < -0.3 is 10.3 Å². The Morgan fingerprint density at radius 3 is 2.95 bits per heavy atom. The van der Waals surface area contributed by atoms with Gasteiger partial charge in [0.15, 0.2) is 5.82 Å². The fraction of sp³-hybridized carbons (Fsp3) is 0.429. The zero-order chi connectivity index (χ0) is 13.4. The lowest BCUT2D eigenvalue weighted by atomic mass is 10.1. The van der Waals surface area contributed by atoms with Crippen molar-refractivity contribution in [1.29, 1.82) is 0 Å². The van der Waals surface area contributed by atoms with Crippen molar-refractivity contribution in [2.45, 2.75) is 32.1 Å². The third kappa shape index (κ3) is 2.32. The first-order valence-corrected chi connectivity index (χ1v) is 6.52. The number of hydrogen-bond donors (Lipinski definition) is 1. The van der Waals surface area contributed by atoms with E-state index in [1.54, 1.807) is 0 Å². The Bertz CT molecular complexity index is 596. The molecule has 2 N–H and O–H groups in total. The van der Waals surface area contributed by atoms with Crippen LogP contribution in [0.1, 0.15) is 37.9 Å². The van der Waals surface area contributed by atoms with Gasteiger partial charge in [-0.25, -0.2) is 4.39 Å². The Balaban J connectivity index is 1.90. The molecule has 1 saturated carbocycles. The normalized spacial score (nSPS) is 22.8. The molecule has 19 heavy (non-hydrogen) atoms. The molecule has 1 aromatic carbocycles. The fourth-order valence-corrected chi connectivity index (χ4v) is 2.67. The van der Waals surface area contributed by atoms with Crippen LogP contribution < -0.4 is 5.73 Å². The van der Waals surface area contributed by atoms with Crippen molar-refractivity contribution in [1.82, 2.24) is 10.1 Å². The van der Waals surface area contributed by atoms with Gasteiger partial charge in [-0.05, 0) is 43.4 Å². The molecule has 4 nitrogen and oxygen atoms in total. The quantitative estimate of drug-likeness (QED) is 0.842. The van der Waals surface area contributed by atoms with E-state index >= 15 is 0 Å². The molecule has 1 heterocycles. The highest BCUT2D eigenvalue weighted by molar-refractivity contribution is 5.70. The minimum atomic E-state index is -0.363. The molecule has 1 aliphatic carbocycles. The summed E-state index contributed by atoms with van der Waals surface area (Å²) in [6, 6.07) is 4.14. The van der Waals surface area contributed by atoms with Crippen molar-refractivity contribution in [3.05, 3.63) is 29.8 Å². The van der Waals surface area contributed by atoms with Crippen molar-refractivity contribution in [3.8, 4) is 11.5 Å². The lowest BCUT2D eigenvalue weighted by Crippen LogP contribution is -1.96. The summed E-state index contributed by atoms with van der Waals surface area (Å²) in [5.74, 6) is 1.70. The maximum atomic E-state index is 13.2. The molecule has 2 atom stereocenters. The second kappa shape index (κ2) is 4.64. The Labute approximate surface area is 110 Å². The Morgan fingerprint density at radius 1 is 1.37 bits per heavy atom. The molecule has 5 heteroatoms. The summed E-state index contributed by atoms with van der Waals surface area (Å²) in [6.45, 7) is 2.23. The predicted octanol–water partition coefficient (Wildman–Crippen LogP) is 3.36. The minimum absolute atomic E-state index is 0.298. The summed E-state index contributed by atoms with van der Waals surface area (Å²) < 4.78 is 18.5. The van der Waals surface area contributed by atoms with E-state index in [4.69, 9.17) is 10.3 Å². The van der Waals surface area contributed by atoms with E-state index in [9.17, 15) is 4.39 Å². The van der Waals surface area contributed by atoms with Crippen LogP contribution in [-0.2, 0) is 0 Å². The standard InChI is InChI=1S/C14H16FN3O/c1-8-2-3-9(6-8)13-17-14(19-18-13)11-7-10(15)4-5-12(11)16/h4-5,7-9H,2-3,6,16H2,1H3. The van der Waals surface area contributed by atoms with E-state index in [1.165, 1.54) is 24.6 Å². The number of nitrogen functional groups attached to an aromatic ring is 1. The average molecular weight is 261 g/mol. The smallest absolute Gasteiger partial charge is 0.260 e. The van der Waals surface area contributed by atoms with E-state index in [1.807, 2.05) is 0 Å². The van der Waals surface area contributed by atoms with Crippen LogP contribution in [0.15, 0.2) is 22.7 Å². The highest BCUT2D eigenvalue weighted by Crippen LogP contribution is 2.37. The molecule has 2 aromatic rings. The summed E-state index contributed by atoms with van der Waals surface area (Å²) in [6.07, 6.45) is 3.35. The highest BCUT2D eigenvalue weighted by Gasteiger charge is 2.27. The van der Waals surface area contributed by atoms with E-state index < -0.39 is 0 Å². The van der Waals surface area contributed by atoms with Gasteiger partial charge in [-0.15, -0.1) is 0 Å². The summed E-state index contributed by atoms with van der Waals surface area (Å²) in [4.78, 5) is 4.37. The van der Waals surface area contributed by atoms with Crippen LogP contribution >= 0.6 is 0 Å². The van der Waals surface area contributed by atoms with Gasteiger partial charge in [0.05, 0.1) is 5.56 Å². The van der Waals surface area contributed by atoms with E-state index in [-0.39, 0.29) is 5.82 Å². The fourth-order valence-electron chi connectivity index (χ4n) is 2.67. The molecule has 0 amide bonds. The first-order chi connectivity index (χ1) is 9.13. The second-order valence-electron chi connectivity index (χ2n) is 5.30. The number of halogens is 1. The molecule has 0 saturated heterocycles. The third-order valence-corrected chi connectivity index (χ3v) is 3.75. The molecule has 0 spiro atoms. The molecule has 3 rings (SSSR count). The molecule has 1 aromatic heterocycles. The van der Waals surface area contributed by atoms with Crippen LogP contribution in [0.25, 0.3) is 11.5 Å². The van der Waals surface area contributed by atoms with Gasteiger partial charge >= 0.3 is 0 Å². The minimum Gasteiger partial charge on any atom is -0.398 e. The van der Waals surface area contributed by atoms with Crippen LogP contribution in [0.3, 0.4) is 0 Å². The molecule has 1 fully saturated rings. The molecular weight excluding hydrogens is 245 g/mol. The van der Waals surface area contributed by atoms with Crippen LogP contribution in [0, 0.1) is 11.7 Å². The van der Waals surface area contributed by atoms with Gasteiger partial charge in [0, 0.05) is 11.6 Å². The van der Waals surface area contributed by atoms with Crippen molar-refractivity contribution in [3.63, 3.8) is 0 Å². The summed E-state index contributed by atoms with van der Waals surface area (Å²) in [5, 5.41) is 4.02. The largest absolute Gasteiger partial charge is 0.398 e. The molecular formula is C14H16FN3O. The topological polar surface area (TPSA) is 64.9 Å². The van der Waals surface area contributed by atoms with Gasteiger partial charge in [-0.2, -0.15) is 4.98 Å². The lowest BCUT2D eigenvalue weighted by molar-refractivity contribution is 0.414. The van der Waals surface area contributed by atoms with Crippen molar-refractivity contribution >= 4 is 5.69 Å². The Hall–Kier alpha value is -1.91. The molecule has 100 valence electrons. The van der Waals surface area contributed by atoms with Crippen molar-refractivity contribution < 1.29 is 8.91 Å². The number of hydrogen-bond acceptors (Lipinski definition) is 4. The van der Waals surface area contributed by atoms with Crippen LogP contribution in [0.4, 0.5) is 10.1 Å². The molecule has 0 bridgehead atoms. The first-order valence-electron chi connectivity index (χ1n) is 6.52. The molecule has 1 aliphatic rings. The average Bonchev–Trinajstić information content (AvgIpc) is 3.00. The number of rotatable bonds is 2. The van der Waals surface area contributed by atoms with Crippen LogP contribution in [0.2, 0.25) is 0 Å². The van der Waals surface area contributed by atoms with Gasteiger partial charge in [0.25, 0.3) is 5.89 Å². The zero-order valence-corrected chi connectivity index (χ0v) is 10.8. The lowest BCUT2D eigenvalue weighted by Gasteiger charge is -2.02. The number of anilines is 1. The van der Waals surface area contributed by atoms with Gasteiger partial charge in [-0.3, -0.25) is 0 Å². The predicted molar refractivity (Wildman–Crippen MR) is 69.9 cm³/mol. The number of aromatic nitrogens is 2. The zero-order valence-electron chi connectivity index (χ0n) is 10.8. The SMILES string of the molecule is CC1CCC(c2noc(-c3cc(F)ccc3N)n2)C1. The molecule has 0 aliphatic heterocycles. The molecule has 2 unspecified atom stereocenters. The van der Waals surface area contributed by atoms with E-state index in [2.05, 4.69) is 17.1 Å². The third-order valence-electron chi connectivity index (χ3n) is 3.75. The Kier molecular flexibility index (Phi) is 2.97. The van der Waals surface area contributed by atoms with E-state index in [0.29, 0.717) is 34.8 Å². The number of nitrogens with zero attached hydrogens (tertiary/aromatic N) is 2. The first kappa shape index (κ1) is 12.1. The van der Waals surface area contributed by atoms with Crippen molar-refractivity contribution in [2.24, 2.45) is 5.92 Å². The van der Waals surface area contributed by atoms with Crippen LogP contribution in [0.5, 0.6) is 0 Å².